The number of hydrogen-bond donors (Lipinski definition) is 0. The van der Waals surface area contributed by atoms with Crippen LogP contribution in [0.4, 0.5) is 0 Å². The van der Waals surface area contributed by atoms with Crippen molar-refractivity contribution in [2.75, 3.05) is 6.26 Å². The molecule has 88 valence electrons. The van der Waals surface area contributed by atoms with E-state index in [1.54, 1.807) is 12.1 Å². The van der Waals surface area contributed by atoms with Gasteiger partial charge in [0.05, 0.1) is 6.26 Å². The average Bonchev–Trinajstić information content (AvgIpc) is 2.14. The van der Waals surface area contributed by atoms with E-state index >= 15 is 0 Å². The summed E-state index contributed by atoms with van der Waals surface area (Å²) in [6.45, 7) is 1.48. The van der Waals surface area contributed by atoms with Crippen LogP contribution in [0.2, 0.25) is 0 Å². The van der Waals surface area contributed by atoms with Gasteiger partial charge in [0.25, 0.3) is 0 Å². The van der Waals surface area contributed by atoms with Gasteiger partial charge < -0.3 is 8.92 Å². The summed E-state index contributed by atoms with van der Waals surface area (Å²) in [7, 11) is -3.50. The largest absolute Gasteiger partial charge is 0.461 e. The lowest BCUT2D eigenvalue weighted by Crippen LogP contribution is -2.05. The summed E-state index contributed by atoms with van der Waals surface area (Å²) in [6.07, 6.45) is 0.972. The van der Waals surface area contributed by atoms with Crippen LogP contribution in [0, 0.1) is 0 Å². The number of rotatable bonds is 4. The zero-order valence-corrected chi connectivity index (χ0v) is 9.78. The SMILES string of the molecule is CC(=O)OCc1ccc(OS(C)(=O)=O)cc1. The van der Waals surface area contributed by atoms with E-state index in [1.165, 1.54) is 19.1 Å². The quantitative estimate of drug-likeness (QED) is 0.585. The molecule has 0 spiro atoms. The van der Waals surface area contributed by atoms with Crippen LogP contribution < -0.4 is 4.18 Å². The van der Waals surface area contributed by atoms with Gasteiger partial charge in [-0.25, -0.2) is 0 Å². The Morgan fingerprint density at radius 2 is 1.81 bits per heavy atom. The number of ether oxygens (including phenoxy) is 1. The monoisotopic (exact) mass is 244 g/mol. The highest BCUT2D eigenvalue weighted by atomic mass is 32.2. The highest BCUT2D eigenvalue weighted by Crippen LogP contribution is 2.14. The number of carbonyl (C=O) groups excluding carboxylic acids is 1. The van der Waals surface area contributed by atoms with Crippen LogP contribution in [0.15, 0.2) is 24.3 Å². The Kier molecular flexibility index (Phi) is 3.89. The summed E-state index contributed by atoms with van der Waals surface area (Å²) >= 11 is 0. The Morgan fingerprint density at radius 1 is 1.25 bits per heavy atom. The molecule has 6 heteroatoms. The molecule has 0 aromatic heterocycles. The molecule has 1 aromatic rings. The molecule has 0 radical (unpaired) electrons. The summed E-state index contributed by atoms with van der Waals surface area (Å²) in [5, 5.41) is 0. The molecule has 0 amide bonds. The molecule has 0 heterocycles. The minimum atomic E-state index is -3.50. The molecule has 0 aliphatic heterocycles. The smallest absolute Gasteiger partial charge is 0.306 e. The van der Waals surface area contributed by atoms with E-state index in [4.69, 9.17) is 4.74 Å². The summed E-state index contributed by atoms with van der Waals surface area (Å²) in [6, 6.07) is 6.26. The lowest BCUT2D eigenvalue weighted by Gasteiger charge is -2.04. The zero-order valence-electron chi connectivity index (χ0n) is 8.97. The van der Waals surface area contributed by atoms with E-state index < -0.39 is 10.1 Å². The average molecular weight is 244 g/mol. The van der Waals surface area contributed by atoms with Crippen LogP contribution in [0.1, 0.15) is 12.5 Å². The molecule has 0 unspecified atom stereocenters. The Morgan fingerprint density at radius 3 is 2.25 bits per heavy atom. The molecule has 1 aromatic carbocycles. The van der Waals surface area contributed by atoms with Crippen molar-refractivity contribution in [3.63, 3.8) is 0 Å². The summed E-state index contributed by atoms with van der Waals surface area (Å²) < 4.78 is 31.0. The third kappa shape index (κ3) is 4.79. The first kappa shape index (κ1) is 12.5. The van der Waals surface area contributed by atoms with Crippen LogP contribution in [0.3, 0.4) is 0 Å². The second-order valence-corrected chi connectivity index (χ2v) is 4.79. The van der Waals surface area contributed by atoms with Crippen LogP contribution in [0.25, 0.3) is 0 Å². The van der Waals surface area contributed by atoms with Gasteiger partial charge in [0.15, 0.2) is 0 Å². The summed E-state index contributed by atoms with van der Waals surface area (Å²) in [4.78, 5) is 10.5. The fourth-order valence-corrected chi connectivity index (χ4v) is 1.46. The molecule has 16 heavy (non-hydrogen) atoms. The lowest BCUT2D eigenvalue weighted by atomic mass is 10.2. The second-order valence-electron chi connectivity index (χ2n) is 3.21. The van der Waals surface area contributed by atoms with Crippen LogP contribution in [0.5, 0.6) is 5.75 Å². The normalized spacial score (nSPS) is 10.9. The van der Waals surface area contributed by atoms with Gasteiger partial charge in [-0.2, -0.15) is 8.42 Å². The number of esters is 1. The molecule has 0 fully saturated rings. The molecule has 0 saturated heterocycles. The van der Waals surface area contributed by atoms with E-state index in [-0.39, 0.29) is 18.3 Å². The van der Waals surface area contributed by atoms with Crippen molar-refractivity contribution in [1.29, 1.82) is 0 Å². The Hall–Kier alpha value is -1.56. The molecule has 0 aliphatic carbocycles. The van der Waals surface area contributed by atoms with Crippen molar-refractivity contribution in [2.45, 2.75) is 13.5 Å². The van der Waals surface area contributed by atoms with E-state index in [2.05, 4.69) is 4.18 Å². The molecule has 0 saturated carbocycles. The van der Waals surface area contributed by atoms with Crippen LogP contribution in [-0.2, 0) is 26.3 Å². The standard InChI is InChI=1S/C10H12O5S/c1-8(11)14-7-9-3-5-10(6-4-9)15-16(2,12)13/h3-6H,7H2,1-2H3. The molecular weight excluding hydrogens is 232 g/mol. The van der Waals surface area contributed by atoms with Crippen molar-refractivity contribution in [3.05, 3.63) is 29.8 Å². The van der Waals surface area contributed by atoms with Crippen molar-refractivity contribution < 1.29 is 22.1 Å². The number of benzene rings is 1. The van der Waals surface area contributed by atoms with Gasteiger partial charge in [-0.3, -0.25) is 4.79 Å². The van der Waals surface area contributed by atoms with Gasteiger partial charge in [0.1, 0.15) is 12.4 Å². The third-order valence-electron chi connectivity index (χ3n) is 1.61. The number of carbonyl (C=O) groups is 1. The van der Waals surface area contributed by atoms with Crippen molar-refractivity contribution in [1.82, 2.24) is 0 Å². The fraction of sp³-hybridized carbons (Fsp3) is 0.300. The van der Waals surface area contributed by atoms with Gasteiger partial charge in [-0.15, -0.1) is 0 Å². The molecule has 0 atom stereocenters. The predicted octanol–water partition coefficient (Wildman–Crippen LogP) is 1.09. The van der Waals surface area contributed by atoms with Gasteiger partial charge in [0.2, 0.25) is 0 Å². The highest BCUT2D eigenvalue weighted by molar-refractivity contribution is 7.86. The van der Waals surface area contributed by atoms with E-state index in [0.29, 0.717) is 0 Å². The molecule has 0 N–H and O–H groups in total. The minimum absolute atomic E-state index is 0.161. The Bertz CT molecular complexity index is 460. The Labute approximate surface area is 94.1 Å². The molecule has 0 aliphatic rings. The van der Waals surface area contributed by atoms with E-state index in [9.17, 15) is 13.2 Å². The first-order valence-corrected chi connectivity index (χ1v) is 6.30. The van der Waals surface area contributed by atoms with Crippen LogP contribution >= 0.6 is 0 Å². The van der Waals surface area contributed by atoms with Crippen molar-refractivity contribution in [2.24, 2.45) is 0 Å². The number of hydrogen-bond acceptors (Lipinski definition) is 5. The first-order chi connectivity index (χ1) is 7.37. The third-order valence-corrected chi connectivity index (χ3v) is 2.11. The second kappa shape index (κ2) is 4.98. The molecule has 0 bridgehead atoms. The molecular formula is C10H12O5S. The van der Waals surface area contributed by atoms with E-state index in [0.717, 1.165) is 11.8 Å². The highest BCUT2D eigenvalue weighted by Gasteiger charge is 2.04. The maximum absolute atomic E-state index is 10.8. The van der Waals surface area contributed by atoms with Crippen LogP contribution in [-0.4, -0.2) is 20.6 Å². The Balaban J connectivity index is 2.64. The predicted molar refractivity (Wildman–Crippen MR) is 57.4 cm³/mol. The van der Waals surface area contributed by atoms with Gasteiger partial charge in [0, 0.05) is 6.92 Å². The fourth-order valence-electron chi connectivity index (χ4n) is 1.00. The summed E-state index contributed by atoms with van der Waals surface area (Å²) in [5.74, 6) is -0.134. The van der Waals surface area contributed by atoms with Crippen molar-refractivity contribution in [3.8, 4) is 5.75 Å². The van der Waals surface area contributed by atoms with Gasteiger partial charge in [-0.1, -0.05) is 12.1 Å². The maximum Gasteiger partial charge on any atom is 0.306 e. The first-order valence-electron chi connectivity index (χ1n) is 4.48. The summed E-state index contributed by atoms with van der Waals surface area (Å²) in [5.41, 5.74) is 0.760. The maximum atomic E-state index is 10.8. The minimum Gasteiger partial charge on any atom is -0.461 e. The van der Waals surface area contributed by atoms with Crippen molar-refractivity contribution >= 4 is 16.1 Å². The lowest BCUT2D eigenvalue weighted by molar-refractivity contribution is -0.142. The zero-order chi connectivity index (χ0) is 12.2. The molecule has 1 rings (SSSR count). The van der Waals surface area contributed by atoms with Gasteiger partial charge >= 0.3 is 16.1 Å². The molecule has 5 nitrogen and oxygen atoms in total. The van der Waals surface area contributed by atoms with Gasteiger partial charge in [-0.05, 0) is 17.7 Å². The van der Waals surface area contributed by atoms with E-state index in [1.807, 2.05) is 0 Å². The topological polar surface area (TPSA) is 69.7 Å².